The molecule has 5 heteroatoms. The number of aromatic nitrogens is 1. The summed E-state index contributed by atoms with van der Waals surface area (Å²) in [6.07, 6.45) is 5.63. The largest absolute Gasteiger partial charge is 0.496 e. The molecule has 0 saturated heterocycles. The van der Waals surface area contributed by atoms with Crippen LogP contribution in [0.4, 0.5) is 5.13 Å². The van der Waals surface area contributed by atoms with E-state index in [0.29, 0.717) is 18.1 Å². The Hall–Kier alpha value is -2.48. The van der Waals surface area contributed by atoms with Crippen molar-refractivity contribution in [1.82, 2.24) is 4.98 Å². The summed E-state index contributed by atoms with van der Waals surface area (Å²) in [5, 5.41) is 1.53. The maximum Gasteiger partial charge on any atom is 0.187 e. The quantitative estimate of drug-likeness (QED) is 0.463. The summed E-state index contributed by atoms with van der Waals surface area (Å²) in [6, 6.07) is 12.4. The number of ether oxygens (including phenoxy) is 1. The summed E-state index contributed by atoms with van der Waals surface area (Å²) in [7, 11) is 1.65. The zero-order valence-corrected chi connectivity index (χ0v) is 18.1. The number of methoxy groups -OCH3 is 1. The van der Waals surface area contributed by atoms with Crippen molar-refractivity contribution >= 4 is 28.1 Å². The zero-order chi connectivity index (χ0) is 20.3. The first-order chi connectivity index (χ1) is 13.4. The number of benzene rings is 2. The molecule has 0 aliphatic carbocycles. The first-order valence-corrected chi connectivity index (χ1v) is 10.2. The Morgan fingerprint density at radius 1 is 1.18 bits per heavy atom. The van der Waals surface area contributed by atoms with Crippen LogP contribution >= 0.6 is 22.9 Å². The van der Waals surface area contributed by atoms with Crippen LogP contribution in [0.3, 0.4) is 0 Å². The van der Waals surface area contributed by atoms with Crippen LogP contribution in [-0.4, -0.2) is 18.6 Å². The summed E-state index contributed by atoms with van der Waals surface area (Å²) in [6.45, 7) is 7.36. The Labute approximate surface area is 176 Å². The van der Waals surface area contributed by atoms with Gasteiger partial charge in [0, 0.05) is 17.0 Å². The molecule has 0 saturated carbocycles. The number of aryl methyl sites for hydroxylation is 3. The molecule has 0 spiro atoms. The summed E-state index contributed by atoms with van der Waals surface area (Å²) in [5.41, 5.74) is 5.27. The normalized spacial score (nSPS) is 10.6. The Morgan fingerprint density at radius 3 is 2.54 bits per heavy atom. The van der Waals surface area contributed by atoms with E-state index in [-0.39, 0.29) is 0 Å². The van der Waals surface area contributed by atoms with Crippen LogP contribution in [0.1, 0.15) is 21.6 Å². The van der Waals surface area contributed by atoms with E-state index >= 15 is 0 Å². The molecule has 3 rings (SSSR count). The Balaban J connectivity index is 1.96. The highest BCUT2D eigenvalue weighted by Crippen LogP contribution is 2.39. The lowest BCUT2D eigenvalue weighted by Crippen LogP contribution is -2.22. The molecule has 0 radical (unpaired) electrons. The Kier molecular flexibility index (Phi) is 6.28. The number of nitrogens with zero attached hydrogens (tertiary/aromatic N) is 2. The van der Waals surface area contributed by atoms with Gasteiger partial charge in [0.1, 0.15) is 5.75 Å². The fourth-order valence-corrected chi connectivity index (χ4v) is 4.21. The molecule has 144 valence electrons. The molecule has 0 unspecified atom stereocenters. The van der Waals surface area contributed by atoms with Gasteiger partial charge in [-0.1, -0.05) is 47.4 Å². The van der Waals surface area contributed by atoms with Gasteiger partial charge in [-0.15, -0.1) is 17.8 Å². The van der Waals surface area contributed by atoms with E-state index < -0.39 is 0 Å². The van der Waals surface area contributed by atoms with Gasteiger partial charge in [-0.05, 0) is 44.0 Å². The molecule has 0 atom stereocenters. The van der Waals surface area contributed by atoms with E-state index in [0.717, 1.165) is 32.6 Å². The highest BCUT2D eigenvalue weighted by molar-refractivity contribution is 7.16. The van der Waals surface area contributed by atoms with Gasteiger partial charge >= 0.3 is 0 Å². The molecule has 0 fully saturated rings. The molecular formula is C23H23ClN2OS. The van der Waals surface area contributed by atoms with Crippen LogP contribution in [0.25, 0.3) is 11.3 Å². The van der Waals surface area contributed by atoms with Crippen molar-refractivity contribution in [2.75, 3.05) is 18.6 Å². The second kappa shape index (κ2) is 8.68. The van der Waals surface area contributed by atoms with Crippen molar-refractivity contribution in [1.29, 1.82) is 0 Å². The number of hydrogen-bond acceptors (Lipinski definition) is 4. The van der Waals surface area contributed by atoms with Gasteiger partial charge < -0.3 is 9.64 Å². The monoisotopic (exact) mass is 410 g/mol. The molecule has 0 N–H and O–H groups in total. The van der Waals surface area contributed by atoms with Crippen molar-refractivity contribution in [3.05, 3.63) is 63.0 Å². The van der Waals surface area contributed by atoms with Gasteiger partial charge in [-0.25, -0.2) is 4.98 Å². The van der Waals surface area contributed by atoms with Crippen LogP contribution in [0.2, 0.25) is 5.02 Å². The standard InChI is InChI=1S/C23H23ClN2OS/c1-6-11-26(14-18-9-7-15(2)8-10-18)23-25-22(17(4)28-23)19-12-16(3)21(27-5)13-20(19)24/h1,7-10,12-13H,11,14H2,2-5H3. The molecule has 1 aromatic heterocycles. The molecule has 0 bridgehead atoms. The van der Waals surface area contributed by atoms with Gasteiger partial charge in [0.15, 0.2) is 5.13 Å². The number of halogens is 1. The second-order valence-electron chi connectivity index (χ2n) is 6.75. The summed E-state index contributed by atoms with van der Waals surface area (Å²) in [4.78, 5) is 8.12. The van der Waals surface area contributed by atoms with E-state index in [9.17, 15) is 0 Å². The Morgan fingerprint density at radius 2 is 1.89 bits per heavy atom. The van der Waals surface area contributed by atoms with E-state index in [1.165, 1.54) is 11.1 Å². The van der Waals surface area contributed by atoms with Crippen molar-refractivity contribution in [2.24, 2.45) is 0 Å². The molecule has 0 amide bonds. The number of anilines is 1. The van der Waals surface area contributed by atoms with E-state index in [1.54, 1.807) is 18.4 Å². The van der Waals surface area contributed by atoms with E-state index in [1.807, 2.05) is 19.1 Å². The van der Waals surface area contributed by atoms with Crippen molar-refractivity contribution in [3.8, 4) is 29.4 Å². The highest BCUT2D eigenvalue weighted by atomic mass is 35.5. The molecule has 3 nitrogen and oxygen atoms in total. The lowest BCUT2D eigenvalue weighted by Gasteiger charge is -2.19. The number of hydrogen-bond donors (Lipinski definition) is 0. The lowest BCUT2D eigenvalue weighted by molar-refractivity contribution is 0.412. The van der Waals surface area contributed by atoms with Gasteiger partial charge in [0.05, 0.1) is 24.4 Å². The van der Waals surface area contributed by atoms with Crippen LogP contribution < -0.4 is 9.64 Å². The third kappa shape index (κ3) is 4.32. The molecule has 0 aliphatic heterocycles. The molecule has 3 aromatic rings. The van der Waals surface area contributed by atoms with Crippen molar-refractivity contribution in [3.63, 3.8) is 0 Å². The maximum absolute atomic E-state index is 6.52. The van der Waals surface area contributed by atoms with Gasteiger partial charge in [0.25, 0.3) is 0 Å². The highest BCUT2D eigenvalue weighted by Gasteiger charge is 2.18. The lowest BCUT2D eigenvalue weighted by atomic mass is 10.1. The fourth-order valence-electron chi connectivity index (χ4n) is 3.05. The SMILES string of the molecule is C#CCN(Cc1ccc(C)cc1)c1nc(-c2cc(C)c(OC)cc2Cl)c(C)s1. The summed E-state index contributed by atoms with van der Waals surface area (Å²) < 4.78 is 5.36. The Bertz CT molecular complexity index is 1020. The number of terminal acetylenes is 1. The topological polar surface area (TPSA) is 25.4 Å². The third-order valence-electron chi connectivity index (χ3n) is 4.57. The second-order valence-corrected chi connectivity index (χ2v) is 8.34. The fraction of sp³-hybridized carbons (Fsp3) is 0.261. The first-order valence-electron chi connectivity index (χ1n) is 8.98. The average molecular weight is 411 g/mol. The zero-order valence-electron chi connectivity index (χ0n) is 16.5. The van der Waals surface area contributed by atoms with Crippen LogP contribution in [0.5, 0.6) is 5.75 Å². The minimum Gasteiger partial charge on any atom is -0.496 e. The minimum absolute atomic E-state index is 0.496. The van der Waals surface area contributed by atoms with Crippen LogP contribution in [0.15, 0.2) is 36.4 Å². The predicted octanol–water partition coefficient (Wildman–Crippen LogP) is 6.04. The van der Waals surface area contributed by atoms with Gasteiger partial charge in [0.2, 0.25) is 0 Å². The number of rotatable bonds is 6. The smallest absolute Gasteiger partial charge is 0.187 e. The maximum atomic E-state index is 6.52. The van der Waals surface area contributed by atoms with Gasteiger partial charge in [-0.2, -0.15) is 0 Å². The molecule has 1 heterocycles. The summed E-state index contributed by atoms with van der Waals surface area (Å²) in [5.74, 6) is 3.53. The molecule has 2 aromatic carbocycles. The van der Waals surface area contributed by atoms with Gasteiger partial charge in [-0.3, -0.25) is 0 Å². The van der Waals surface area contributed by atoms with E-state index in [2.05, 4.69) is 48.9 Å². The minimum atomic E-state index is 0.496. The molecule has 0 aliphatic rings. The average Bonchev–Trinajstić information content (AvgIpc) is 3.06. The molecule has 28 heavy (non-hydrogen) atoms. The predicted molar refractivity (Wildman–Crippen MR) is 120 cm³/mol. The van der Waals surface area contributed by atoms with Crippen LogP contribution in [-0.2, 0) is 6.54 Å². The van der Waals surface area contributed by atoms with E-state index in [4.69, 9.17) is 27.7 Å². The van der Waals surface area contributed by atoms with Crippen LogP contribution in [0, 0.1) is 33.1 Å². The third-order valence-corrected chi connectivity index (χ3v) is 5.92. The number of thiazole rings is 1. The molecular weight excluding hydrogens is 388 g/mol. The van der Waals surface area contributed by atoms with Crippen molar-refractivity contribution in [2.45, 2.75) is 27.3 Å². The first kappa shape index (κ1) is 20.3. The van der Waals surface area contributed by atoms with Crippen molar-refractivity contribution < 1.29 is 4.74 Å². The summed E-state index contributed by atoms with van der Waals surface area (Å²) >= 11 is 8.15.